The summed E-state index contributed by atoms with van der Waals surface area (Å²) < 4.78 is 16.3. The first kappa shape index (κ1) is 19.6. The van der Waals surface area contributed by atoms with Crippen molar-refractivity contribution in [2.45, 2.75) is 33.6 Å². The maximum Gasteiger partial charge on any atom is 0.294 e. The molecule has 0 saturated heterocycles. The molecule has 0 bridgehead atoms. The zero-order valence-electron chi connectivity index (χ0n) is 16.1. The van der Waals surface area contributed by atoms with E-state index in [1.54, 1.807) is 6.07 Å². The number of nitrogens with one attached hydrogen (secondary N) is 1. The summed E-state index contributed by atoms with van der Waals surface area (Å²) >= 11 is 0. The number of rotatable bonds is 8. The van der Waals surface area contributed by atoms with Crippen LogP contribution in [-0.2, 0) is 0 Å². The molecule has 0 amide bonds. The summed E-state index contributed by atoms with van der Waals surface area (Å²) in [5.74, 6) is 1.28. The first-order valence-electron chi connectivity index (χ1n) is 8.66. The SMILES string of the molecule is COc1c(OC)c2ccc(OC/C=C(\C)CCC=C(C)C)cc2[nH]c1=O. The fourth-order valence-corrected chi connectivity index (χ4v) is 2.68. The van der Waals surface area contributed by atoms with Crippen molar-refractivity contribution >= 4 is 10.9 Å². The smallest absolute Gasteiger partial charge is 0.294 e. The predicted molar refractivity (Wildman–Crippen MR) is 106 cm³/mol. The summed E-state index contributed by atoms with van der Waals surface area (Å²) in [6.07, 6.45) is 6.39. The summed E-state index contributed by atoms with van der Waals surface area (Å²) in [5, 5.41) is 0.768. The summed E-state index contributed by atoms with van der Waals surface area (Å²) in [6, 6.07) is 5.51. The molecule has 0 aliphatic carbocycles. The van der Waals surface area contributed by atoms with Crippen LogP contribution in [0.15, 0.2) is 46.3 Å². The van der Waals surface area contributed by atoms with Crippen LogP contribution in [0.1, 0.15) is 33.6 Å². The second kappa shape index (κ2) is 9.13. The summed E-state index contributed by atoms with van der Waals surface area (Å²) in [5.41, 5.74) is 2.95. The van der Waals surface area contributed by atoms with Crippen LogP contribution in [0, 0.1) is 0 Å². The van der Waals surface area contributed by atoms with E-state index in [0.717, 1.165) is 18.2 Å². The van der Waals surface area contributed by atoms with Crippen LogP contribution in [0.2, 0.25) is 0 Å². The highest BCUT2D eigenvalue weighted by atomic mass is 16.5. The standard InChI is InChI=1S/C21H27NO4/c1-14(2)7-6-8-15(3)11-12-26-16-9-10-17-18(13-16)22-21(23)20(25-5)19(17)24-4/h7,9-11,13H,6,8,12H2,1-5H3,(H,22,23)/b15-11+. The highest BCUT2D eigenvalue weighted by Crippen LogP contribution is 2.32. The molecule has 5 nitrogen and oxygen atoms in total. The Morgan fingerprint density at radius 2 is 1.81 bits per heavy atom. The maximum absolute atomic E-state index is 12.1. The Labute approximate surface area is 154 Å². The summed E-state index contributed by atoms with van der Waals surface area (Å²) in [4.78, 5) is 14.9. The van der Waals surface area contributed by atoms with Gasteiger partial charge in [-0.1, -0.05) is 17.2 Å². The molecule has 0 fully saturated rings. The minimum absolute atomic E-state index is 0.170. The monoisotopic (exact) mass is 357 g/mol. The quantitative estimate of drug-likeness (QED) is 0.701. The van der Waals surface area contributed by atoms with Gasteiger partial charge in [0.2, 0.25) is 5.75 Å². The molecule has 0 aliphatic heterocycles. The molecule has 5 heteroatoms. The molecule has 2 rings (SSSR count). The Hall–Kier alpha value is -2.69. The molecular weight excluding hydrogens is 330 g/mol. The number of aromatic amines is 1. The van der Waals surface area contributed by atoms with Crippen molar-refractivity contribution in [3.05, 3.63) is 51.9 Å². The van der Waals surface area contributed by atoms with Crippen molar-refractivity contribution < 1.29 is 14.2 Å². The van der Waals surface area contributed by atoms with Gasteiger partial charge in [0.05, 0.1) is 19.7 Å². The lowest BCUT2D eigenvalue weighted by atomic mass is 10.1. The Balaban J connectivity index is 2.12. The molecule has 1 aromatic carbocycles. The van der Waals surface area contributed by atoms with Gasteiger partial charge in [-0.2, -0.15) is 0 Å². The number of allylic oxidation sites excluding steroid dienone is 3. The molecule has 26 heavy (non-hydrogen) atoms. The average Bonchev–Trinajstić information content (AvgIpc) is 2.60. The molecule has 1 heterocycles. The van der Waals surface area contributed by atoms with Crippen molar-refractivity contribution in [1.82, 2.24) is 4.98 Å². The van der Waals surface area contributed by atoms with Gasteiger partial charge in [-0.25, -0.2) is 0 Å². The fraction of sp³-hybridized carbons (Fsp3) is 0.381. The minimum Gasteiger partial charge on any atom is -0.492 e. The second-order valence-corrected chi connectivity index (χ2v) is 6.41. The van der Waals surface area contributed by atoms with Crippen LogP contribution in [0.3, 0.4) is 0 Å². The van der Waals surface area contributed by atoms with Crippen LogP contribution in [0.4, 0.5) is 0 Å². The van der Waals surface area contributed by atoms with Gasteiger partial charge in [-0.05, 0) is 51.8 Å². The third-order valence-corrected chi connectivity index (χ3v) is 4.08. The van der Waals surface area contributed by atoms with Crippen molar-refractivity contribution in [1.29, 1.82) is 0 Å². The van der Waals surface area contributed by atoms with Crippen molar-refractivity contribution in [3.8, 4) is 17.2 Å². The maximum atomic E-state index is 12.1. The van der Waals surface area contributed by atoms with Crippen LogP contribution < -0.4 is 19.8 Å². The topological polar surface area (TPSA) is 60.6 Å². The number of benzene rings is 1. The van der Waals surface area contributed by atoms with E-state index in [1.807, 2.05) is 12.1 Å². The van der Waals surface area contributed by atoms with Gasteiger partial charge in [0.25, 0.3) is 5.56 Å². The molecule has 2 aromatic rings. The van der Waals surface area contributed by atoms with Crippen molar-refractivity contribution in [2.24, 2.45) is 0 Å². The molecule has 1 N–H and O–H groups in total. The number of ether oxygens (including phenoxy) is 3. The molecule has 0 unspecified atom stereocenters. The van der Waals surface area contributed by atoms with E-state index in [4.69, 9.17) is 14.2 Å². The van der Waals surface area contributed by atoms with Crippen LogP contribution in [-0.4, -0.2) is 25.8 Å². The van der Waals surface area contributed by atoms with Crippen LogP contribution in [0.25, 0.3) is 10.9 Å². The van der Waals surface area contributed by atoms with Gasteiger partial charge >= 0.3 is 0 Å². The van der Waals surface area contributed by atoms with Crippen molar-refractivity contribution in [3.63, 3.8) is 0 Å². The zero-order chi connectivity index (χ0) is 19.1. The van der Waals surface area contributed by atoms with E-state index in [0.29, 0.717) is 23.6 Å². The second-order valence-electron chi connectivity index (χ2n) is 6.41. The average molecular weight is 357 g/mol. The van der Waals surface area contributed by atoms with E-state index in [2.05, 4.69) is 37.9 Å². The Morgan fingerprint density at radius 1 is 1.08 bits per heavy atom. The Kier molecular flexibility index (Phi) is 6.89. The number of hydrogen-bond donors (Lipinski definition) is 1. The lowest BCUT2D eigenvalue weighted by molar-refractivity contribution is 0.353. The van der Waals surface area contributed by atoms with Gasteiger partial charge in [-0.15, -0.1) is 0 Å². The largest absolute Gasteiger partial charge is 0.492 e. The summed E-state index contributed by atoms with van der Waals surface area (Å²) in [7, 11) is 2.96. The van der Waals surface area contributed by atoms with E-state index >= 15 is 0 Å². The molecular formula is C21H27NO4. The van der Waals surface area contributed by atoms with E-state index < -0.39 is 0 Å². The predicted octanol–water partition coefficient (Wildman–Crippen LogP) is 4.62. The number of hydrogen-bond acceptors (Lipinski definition) is 4. The summed E-state index contributed by atoms with van der Waals surface area (Å²) in [6.45, 7) is 6.81. The van der Waals surface area contributed by atoms with E-state index in [1.165, 1.54) is 25.4 Å². The van der Waals surface area contributed by atoms with E-state index in [-0.39, 0.29) is 11.3 Å². The molecule has 1 aromatic heterocycles. The lowest BCUT2D eigenvalue weighted by Crippen LogP contribution is -2.11. The van der Waals surface area contributed by atoms with Gasteiger partial charge in [0, 0.05) is 11.5 Å². The normalized spacial score (nSPS) is 11.3. The van der Waals surface area contributed by atoms with Gasteiger partial charge in [-0.3, -0.25) is 4.79 Å². The molecule has 0 atom stereocenters. The Bertz CT molecular complexity index is 873. The molecule has 0 spiro atoms. The lowest BCUT2D eigenvalue weighted by Gasteiger charge is -2.11. The number of fused-ring (bicyclic) bond motifs is 1. The number of aromatic nitrogens is 1. The molecule has 0 aliphatic rings. The molecule has 0 saturated carbocycles. The van der Waals surface area contributed by atoms with Gasteiger partial charge in [0.1, 0.15) is 12.4 Å². The molecule has 0 radical (unpaired) electrons. The molecule has 140 valence electrons. The minimum atomic E-state index is -0.330. The highest BCUT2D eigenvalue weighted by Gasteiger charge is 2.14. The number of methoxy groups -OCH3 is 2. The van der Waals surface area contributed by atoms with Crippen molar-refractivity contribution in [2.75, 3.05) is 20.8 Å². The van der Waals surface area contributed by atoms with Crippen LogP contribution in [0.5, 0.6) is 17.2 Å². The number of H-pyrrole nitrogens is 1. The third-order valence-electron chi connectivity index (χ3n) is 4.08. The van der Waals surface area contributed by atoms with Crippen LogP contribution >= 0.6 is 0 Å². The fourth-order valence-electron chi connectivity index (χ4n) is 2.68. The van der Waals surface area contributed by atoms with Gasteiger partial charge < -0.3 is 19.2 Å². The third kappa shape index (κ3) is 4.91. The zero-order valence-corrected chi connectivity index (χ0v) is 16.1. The number of pyridine rings is 1. The highest BCUT2D eigenvalue weighted by molar-refractivity contribution is 5.88. The first-order valence-corrected chi connectivity index (χ1v) is 8.66. The Morgan fingerprint density at radius 3 is 2.46 bits per heavy atom. The first-order chi connectivity index (χ1) is 12.5. The van der Waals surface area contributed by atoms with Gasteiger partial charge in [0.15, 0.2) is 5.75 Å². The van der Waals surface area contributed by atoms with E-state index in [9.17, 15) is 4.79 Å².